The topological polar surface area (TPSA) is 33.1 Å². The molecule has 2 aromatic rings. The van der Waals surface area contributed by atoms with Crippen LogP contribution in [0.2, 0.25) is 5.02 Å². The number of nitrogens with one attached hydrogen (secondary N) is 1. The summed E-state index contributed by atoms with van der Waals surface area (Å²) in [6.45, 7) is 6.98. The van der Waals surface area contributed by atoms with Gasteiger partial charge in [0.05, 0.1) is 5.69 Å². The molecular formula is C16H21ClN4. The molecule has 4 nitrogen and oxygen atoms in total. The minimum atomic E-state index is 0.359. The highest BCUT2D eigenvalue weighted by molar-refractivity contribution is 6.30. The van der Waals surface area contributed by atoms with Gasteiger partial charge in [0.25, 0.3) is 0 Å². The van der Waals surface area contributed by atoms with Gasteiger partial charge in [0, 0.05) is 50.0 Å². The molecule has 0 saturated carbocycles. The van der Waals surface area contributed by atoms with E-state index in [1.165, 1.54) is 11.3 Å². The maximum atomic E-state index is 6.15. The molecular weight excluding hydrogens is 284 g/mol. The van der Waals surface area contributed by atoms with Gasteiger partial charge in [0.15, 0.2) is 0 Å². The largest absolute Gasteiger partial charge is 0.314 e. The predicted octanol–water partition coefficient (Wildman–Crippen LogP) is 2.70. The van der Waals surface area contributed by atoms with E-state index in [0.717, 1.165) is 37.7 Å². The van der Waals surface area contributed by atoms with E-state index >= 15 is 0 Å². The molecule has 2 heterocycles. The molecule has 0 bridgehead atoms. The summed E-state index contributed by atoms with van der Waals surface area (Å²) in [5.41, 5.74) is 2.55. The zero-order valence-corrected chi connectivity index (χ0v) is 13.1. The molecule has 0 spiro atoms. The van der Waals surface area contributed by atoms with Gasteiger partial charge in [-0.2, -0.15) is 5.10 Å². The smallest absolute Gasteiger partial charge is 0.0524 e. The van der Waals surface area contributed by atoms with E-state index < -0.39 is 0 Å². The summed E-state index contributed by atoms with van der Waals surface area (Å²) in [6, 6.07) is 10.7. The van der Waals surface area contributed by atoms with Crippen molar-refractivity contribution in [3.8, 4) is 0 Å². The molecule has 1 atom stereocenters. The van der Waals surface area contributed by atoms with Crippen molar-refractivity contribution < 1.29 is 0 Å². The van der Waals surface area contributed by atoms with E-state index in [2.05, 4.69) is 45.1 Å². The Kier molecular flexibility index (Phi) is 4.58. The van der Waals surface area contributed by atoms with E-state index in [4.69, 9.17) is 11.6 Å². The minimum Gasteiger partial charge on any atom is -0.314 e. The highest BCUT2D eigenvalue weighted by atomic mass is 35.5. The summed E-state index contributed by atoms with van der Waals surface area (Å²) < 4.78 is 2.07. The molecule has 112 valence electrons. The van der Waals surface area contributed by atoms with Crippen molar-refractivity contribution in [3.63, 3.8) is 0 Å². The Labute approximate surface area is 130 Å². The molecule has 1 aliphatic rings. The summed E-state index contributed by atoms with van der Waals surface area (Å²) in [5, 5.41) is 8.65. The number of nitrogens with zero attached hydrogens (tertiary/aromatic N) is 3. The first kappa shape index (κ1) is 14.6. The molecule has 1 aromatic heterocycles. The third-order valence-corrected chi connectivity index (χ3v) is 4.29. The van der Waals surface area contributed by atoms with Crippen molar-refractivity contribution in [2.75, 3.05) is 19.6 Å². The number of benzene rings is 1. The highest BCUT2D eigenvalue weighted by Gasteiger charge is 2.24. The molecule has 1 aliphatic heterocycles. The lowest BCUT2D eigenvalue weighted by atomic mass is 10.0. The fourth-order valence-electron chi connectivity index (χ4n) is 2.97. The van der Waals surface area contributed by atoms with Gasteiger partial charge in [-0.25, -0.2) is 0 Å². The number of piperazine rings is 1. The molecule has 1 saturated heterocycles. The van der Waals surface area contributed by atoms with Crippen LogP contribution in [0.25, 0.3) is 0 Å². The molecule has 3 rings (SSSR count). The molecule has 0 aliphatic carbocycles. The van der Waals surface area contributed by atoms with Crippen LogP contribution in [0.4, 0.5) is 0 Å². The molecule has 1 unspecified atom stereocenters. The first-order valence-electron chi connectivity index (χ1n) is 7.49. The first-order valence-corrected chi connectivity index (χ1v) is 7.86. The van der Waals surface area contributed by atoms with E-state index in [1.54, 1.807) is 0 Å². The molecule has 5 heteroatoms. The second kappa shape index (κ2) is 6.60. The van der Waals surface area contributed by atoms with Gasteiger partial charge in [0.2, 0.25) is 0 Å². The van der Waals surface area contributed by atoms with Crippen LogP contribution in [0.3, 0.4) is 0 Å². The summed E-state index contributed by atoms with van der Waals surface area (Å²) in [4.78, 5) is 2.51. The van der Waals surface area contributed by atoms with Gasteiger partial charge in [-0.15, -0.1) is 0 Å². The second-order valence-electron chi connectivity index (χ2n) is 5.38. The zero-order valence-electron chi connectivity index (χ0n) is 12.3. The maximum absolute atomic E-state index is 6.15. The van der Waals surface area contributed by atoms with Crippen LogP contribution in [-0.2, 0) is 13.1 Å². The Morgan fingerprint density at radius 2 is 2.29 bits per heavy atom. The Bertz CT molecular complexity index is 595. The fourth-order valence-corrected chi connectivity index (χ4v) is 3.16. The standard InChI is InChI=1S/C16H21ClN4/c1-2-21-15(6-7-19-21)12-20-9-8-18-11-16(20)13-4-3-5-14(17)10-13/h3-7,10,16,18H,2,8-9,11-12H2,1H3. The molecule has 1 fully saturated rings. The summed E-state index contributed by atoms with van der Waals surface area (Å²) in [6.07, 6.45) is 1.88. The van der Waals surface area contributed by atoms with E-state index in [9.17, 15) is 0 Å². The Hall–Kier alpha value is -1.36. The van der Waals surface area contributed by atoms with Gasteiger partial charge >= 0.3 is 0 Å². The van der Waals surface area contributed by atoms with Crippen LogP contribution < -0.4 is 5.32 Å². The Morgan fingerprint density at radius 3 is 3.10 bits per heavy atom. The molecule has 0 amide bonds. The number of halogens is 1. The average molecular weight is 305 g/mol. The van der Waals surface area contributed by atoms with Crippen LogP contribution in [0.1, 0.15) is 24.2 Å². The number of rotatable bonds is 4. The van der Waals surface area contributed by atoms with E-state index in [-0.39, 0.29) is 0 Å². The SMILES string of the molecule is CCn1nccc1CN1CCNCC1c1cccc(Cl)c1. The lowest BCUT2D eigenvalue weighted by Crippen LogP contribution is -2.45. The van der Waals surface area contributed by atoms with E-state index in [1.807, 2.05) is 18.3 Å². The van der Waals surface area contributed by atoms with Gasteiger partial charge < -0.3 is 5.32 Å². The summed E-state index contributed by atoms with van der Waals surface area (Å²) >= 11 is 6.15. The fraction of sp³-hybridized carbons (Fsp3) is 0.438. The lowest BCUT2D eigenvalue weighted by Gasteiger charge is -2.36. The van der Waals surface area contributed by atoms with Crippen LogP contribution in [0.15, 0.2) is 36.5 Å². The Morgan fingerprint density at radius 1 is 1.38 bits per heavy atom. The molecule has 21 heavy (non-hydrogen) atoms. The summed E-state index contributed by atoms with van der Waals surface area (Å²) in [5.74, 6) is 0. The third kappa shape index (κ3) is 3.28. The second-order valence-corrected chi connectivity index (χ2v) is 5.82. The normalized spacial score (nSPS) is 19.8. The molecule has 0 radical (unpaired) electrons. The zero-order chi connectivity index (χ0) is 14.7. The van der Waals surface area contributed by atoms with Crippen molar-refractivity contribution in [1.29, 1.82) is 0 Å². The van der Waals surface area contributed by atoms with Gasteiger partial charge in [-0.3, -0.25) is 9.58 Å². The van der Waals surface area contributed by atoms with Crippen molar-refractivity contribution in [2.24, 2.45) is 0 Å². The predicted molar refractivity (Wildman–Crippen MR) is 85.4 cm³/mol. The van der Waals surface area contributed by atoms with E-state index in [0.29, 0.717) is 6.04 Å². The number of hydrogen-bond acceptors (Lipinski definition) is 3. The number of aryl methyl sites for hydroxylation is 1. The van der Waals surface area contributed by atoms with Crippen molar-refractivity contribution in [2.45, 2.75) is 26.1 Å². The third-order valence-electron chi connectivity index (χ3n) is 4.06. The van der Waals surface area contributed by atoms with Crippen LogP contribution in [-0.4, -0.2) is 34.3 Å². The average Bonchev–Trinajstić information content (AvgIpc) is 2.95. The molecule has 1 N–H and O–H groups in total. The van der Waals surface area contributed by atoms with Crippen molar-refractivity contribution in [1.82, 2.24) is 20.0 Å². The summed E-state index contributed by atoms with van der Waals surface area (Å²) in [7, 11) is 0. The lowest BCUT2D eigenvalue weighted by molar-refractivity contribution is 0.149. The monoisotopic (exact) mass is 304 g/mol. The number of hydrogen-bond donors (Lipinski definition) is 1. The quantitative estimate of drug-likeness (QED) is 0.943. The number of aromatic nitrogens is 2. The van der Waals surface area contributed by atoms with Crippen LogP contribution in [0.5, 0.6) is 0 Å². The first-order chi connectivity index (χ1) is 10.3. The van der Waals surface area contributed by atoms with Crippen molar-refractivity contribution in [3.05, 3.63) is 52.8 Å². The van der Waals surface area contributed by atoms with Crippen molar-refractivity contribution >= 4 is 11.6 Å². The van der Waals surface area contributed by atoms with Crippen LogP contribution in [0, 0.1) is 0 Å². The van der Waals surface area contributed by atoms with Gasteiger partial charge in [-0.05, 0) is 30.7 Å². The maximum Gasteiger partial charge on any atom is 0.0524 e. The van der Waals surface area contributed by atoms with Gasteiger partial charge in [-0.1, -0.05) is 23.7 Å². The van der Waals surface area contributed by atoms with Crippen LogP contribution >= 0.6 is 11.6 Å². The highest BCUT2D eigenvalue weighted by Crippen LogP contribution is 2.26. The Balaban J connectivity index is 1.81. The van der Waals surface area contributed by atoms with Gasteiger partial charge in [0.1, 0.15) is 0 Å². The minimum absolute atomic E-state index is 0.359. The molecule has 1 aromatic carbocycles.